The summed E-state index contributed by atoms with van der Waals surface area (Å²) in [4.78, 5) is 2.50. The van der Waals surface area contributed by atoms with E-state index in [-0.39, 0.29) is 0 Å². The lowest BCUT2D eigenvalue weighted by molar-refractivity contribution is 0.242. The summed E-state index contributed by atoms with van der Waals surface area (Å²) in [5.74, 6) is 0.897. The summed E-state index contributed by atoms with van der Waals surface area (Å²) in [5.41, 5.74) is 2.81. The van der Waals surface area contributed by atoms with Gasteiger partial charge in [-0.25, -0.2) is 0 Å². The molecule has 18 heavy (non-hydrogen) atoms. The Balaban J connectivity index is 1.70. The van der Waals surface area contributed by atoms with Crippen LogP contribution in [0, 0.1) is 12.8 Å². The van der Waals surface area contributed by atoms with Gasteiger partial charge in [0.1, 0.15) is 0 Å². The van der Waals surface area contributed by atoms with E-state index in [2.05, 4.69) is 48.5 Å². The minimum absolute atomic E-state index is 0.897. The third kappa shape index (κ3) is 4.43. The van der Waals surface area contributed by atoms with Crippen molar-refractivity contribution in [3.63, 3.8) is 0 Å². The van der Waals surface area contributed by atoms with Gasteiger partial charge in [0.2, 0.25) is 0 Å². The van der Waals surface area contributed by atoms with E-state index in [1.165, 1.54) is 56.6 Å². The predicted octanol–water partition coefficient (Wildman–Crippen LogP) is 2.47. The molecular formula is C16H26N2. The van der Waals surface area contributed by atoms with Crippen LogP contribution in [0.25, 0.3) is 0 Å². The number of rotatable bonds is 5. The number of nitrogens with one attached hydrogen (secondary N) is 1. The van der Waals surface area contributed by atoms with Gasteiger partial charge < -0.3 is 10.2 Å². The van der Waals surface area contributed by atoms with Crippen LogP contribution < -0.4 is 5.32 Å². The molecule has 1 N–H and O–H groups in total. The SMILES string of the molecule is Cc1ccc(CCN(C)CC2CCNCC2)cc1. The number of nitrogens with zero attached hydrogens (tertiary/aromatic N) is 1. The number of aryl methyl sites for hydroxylation is 1. The fourth-order valence-corrected chi connectivity index (χ4v) is 2.67. The monoisotopic (exact) mass is 246 g/mol. The number of likely N-dealkylation sites (N-methyl/N-ethyl adjacent to an activating group) is 1. The molecule has 100 valence electrons. The smallest absolute Gasteiger partial charge is 0.00189 e. The third-order valence-electron chi connectivity index (χ3n) is 3.93. The molecule has 0 spiro atoms. The van der Waals surface area contributed by atoms with Gasteiger partial charge >= 0.3 is 0 Å². The molecule has 1 saturated heterocycles. The molecule has 2 nitrogen and oxygen atoms in total. The number of benzene rings is 1. The van der Waals surface area contributed by atoms with Gasteiger partial charge in [0.15, 0.2) is 0 Å². The third-order valence-corrected chi connectivity index (χ3v) is 3.93. The van der Waals surface area contributed by atoms with Crippen molar-refractivity contribution in [2.45, 2.75) is 26.2 Å². The van der Waals surface area contributed by atoms with Gasteiger partial charge in [0.05, 0.1) is 0 Å². The summed E-state index contributed by atoms with van der Waals surface area (Å²) in [7, 11) is 2.26. The molecule has 1 aromatic carbocycles. The Kier molecular flexibility index (Phi) is 5.21. The Morgan fingerprint density at radius 3 is 2.50 bits per heavy atom. The summed E-state index contributed by atoms with van der Waals surface area (Å²) in [6.45, 7) is 6.99. The quantitative estimate of drug-likeness (QED) is 0.858. The van der Waals surface area contributed by atoms with Crippen molar-refractivity contribution in [2.24, 2.45) is 5.92 Å². The average Bonchev–Trinajstić information content (AvgIpc) is 2.39. The second kappa shape index (κ2) is 6.91. The summed E-state index contributed by atoms with van der Waals surface area (Å²) in [6, 6.07) is 8.94. The first-order chi connectivity index (χ1) is 8.74. The minimum Gasteiger partial charge on any atom is -0.317 e. The van der Waals surface area contributed by atoms with Crippen LogP contribution in [-0.2, 0) is 6.42 Å². The second-order valence-corrected chi connectivity index (χ2v) is 5.69. The minimum atomic E-state index is 0.897. The molecule has 2 rings (SSSR count). The maximum Gasteiger partial charge on any atom is 0.00189 e. The van der Waals surface area contributed by atoms with Crippen LogP contribution in [0.15, 0.2) is 24.3 Å². The predicted molar refractivity (Wildman–Crippen MR) is 78.0 cm³/mol. The van der Waals surface area contributed by atoms with Crippen LogP contribution in [0.5, 0.6) is 0 Å². The molecule has 1 aliphatic rings. The highest BCUT2D eigenvalue weighted by Gasteiger charge is 2.14. The van der Waals surface area contributed by atoms with Crippen LogP contribution in [0.3, 0.4) is 0 Å². The van der Waals surface area contributed by atoms with Crippen molar-refractivity contribution in [2.75, 3.05) is 33.2 Å². The summed E-state index contributed by atoms with van der Waals surface area (Å²) in [6.07, 6.45) is 3.85. The fourth-order valence-electron chi connectivity index (χ4n) is 2.67. The largest absolute Gasteiger partial charge is 0.317 e. The van der Waals surface area contributed by atoms with Gasteiger partial charge in [-0.1, -0.05) is 29.8 Å². The number of hydrogen-bond donors (Lipinski definition) is 1. The number of hydrogen-bond acceptors (Lipinski definition) is 2. The molecule has 1 heterocycles. The van der Waals surface area contributed by atoms with Crippen LogP contribution in [0.1, 0.15) is 24.0 Å². The first-order valence-corrected chi connectivity index (χ1v) is 7.19. The van der Waals surface area contributed by atoms with Gasteiger partial charge in [0.25, 0.3) is 0 Å². The zero-order valence-corrected chi connectivity index (χ0v) is 11.8. The molecule has 1 aromatic rings. The Morgan fingerprint density at radius 1 is 1.17 bits per heavy atom. The summed E-state index contributed by atoms with van der Waals surface area (Å²) < 4.78 is 0. The maximum absolute atomic E-state index is 3.43. The zero-order valence-electron chi connectivity index (χ0n) is 11.8. The molecule has 1 aliphatic heterocycles. The molecule has 2 heteroatoms. The molecular weight excluding hydrogens is 220 g/mol. The lowest BCUT2D eigenvalue weighted by Gasteiger charge is -2.27. The lowest BCUT2D eigenvalue weighted by atomic mass is 9.97. The van der Waals surface area contributed by atoms with E-state index in [0.717, 1.165) is 5.92 Å². The van der Waals surface area contributed by atoms with Crippen LogP contribution >= 0.6 is 0 Å². The summed E-state index contributed by atoms with van der Waals surface area (Å²) >= 11 is 0. The molecule has 0 aliphatic carbocycles. The Labute approximate surface area is 111 Å². The van der Waals surface area contributed by atoms with Crippen LogP contribution in [-0.4, -0.2) is 38.1 Å². The molecule has 0 bridgehead atoms. The molecule has 0 atom stereocenters. The molecule has 0 aromatic heterocycles. The van der Waals surface area contributed by atoms with Crippen molar-refractivity contribution in [1.29, 1.82) is 0 Å². The first kappa shape index (κ1) is 13.6. The first-order valence-electron chi connectivity index (χ1n) is 7.19. The van der Waals surface area contributed by atoms with Crippen molar-refractivity contribution in [1.82, 2.24) is 10.2 Å². The van der Waals surface area contributed by atoms with E-state index in [0.29, 0.717) is 0 Å². The molecule has 0 unspecified atom stereocenters. The maximum atomic E-state index is 3.43. The fraction of sp³-hybridized carbons (Fsp3) is 0.625. The topological polar surface area (TPSA) is 15.3 Å². The molecule has 0 saturated carbocycles. The van der Waals surface area contributed by atoms with Gasteiger partial charge in [-0.3, -0.25) is 0 Å². The van der Waals surface area contributed by atoms with E-state index in [1.54, 1.807) is 0 Å². The van der Waals surface area contributed by atoms with Gasteiger partial charge in [-0.2, -0.15) is 0 Å². The average molecular weight is 246 g/mol. The van der Waals surface area contributed by atoms with E-state index in [1.807, 2.05) is 0 Å². The lowest BCUT2D eigenvalue weighted by Crippen LogP contribution is -2.35. The normalized spacial score (nSPS) is 17.3. The van der Waals surface area contributed by atoms with Gasteiger partial charge in [-0.15, -0.1) is 0 Å². The highest BCUT2D eigenvalue weighted by molar-refractivity contribution is 5.21. The second-order valence-electron chi connectivity index (χ2n) is 5.69. The molecule has 0 amide bonds. The molecule has 0 radical (unpaired) electrons. The Bertz CT molecular complexity index is 339. The Hall–Kier alpha value is -0.860. The zero-order chi connectivity index (χ0) is 12.8. The van der Waals surface area contributed by atoms with Gasteiger partial charge in [-0.05, 0) is 57.8 Å². The van der Waals surface area contributed by atoms with Crippen molar-refractivity contribution < 1.29 is 0 Å². The standard InChI is InChI=1S/C16H26N2/c1-14-3-5-15(6-4-14)9-12-18(2)13-16-7-10-17-11-8-16/h3-6,16-17H,7-13H2,1-2H3. The van der Waals surface area contributed by atoms with E-state index < -0.39 is 0 Å². The highest BCUT2D eigenvalue weighted by atomic mass is 15.1. The van der Waals surface area contributed by atoms with Crippen molar-refractivity contribution >= 4 is 0 Å². The van der Waals surface area contributed by atoms with Gasteiger partial charge in [0, 0.05) is 13.1 Å². The van der Waals surface area contributed by atoms with E-state index in [9.17, 15) is 0 Å². The highest BCUT2D eigenvalue weighted by Crippen LogP contribution is 2.13. The number of piperidine rings is 1. The van der Waals surface area contributed by atoms with Crippen LogP contribution in [0.4, 0.5) is 0 Å². The summed E-state index contributed by atoms with van der Waals surface area (Å²) in [5, 5.41) is 3.43. The molecule has 1 fully saturated rings. The van der Waals surface area contributed by atoms with E-state index in [4.69, 9.17) is 0 Å². The van der Waals surface area contributed by atoms with Crippen molar-refractivity contribution in [3.8, 4) is 0 Å². The van der Waals surface area contributed by atoms with Crippen LogP contribution in [0.2, 0.25) is 0 Å². The van der Waals surface area contributed by atoms with E-state index >= 15 is 0 Å². The van der Waals surface area contributed by atoms with Crippen molar-refractivity contribution in [3.05, 3.63) is 35.4 Å². The Morgan fingerprint density at radius 2 is 1.83 bits per heavy atom.